The number of rotatable bonds is 6. The van der Waals surface area contributed by atoms with Crippen molar-refractivity contribution in [2.45, 2.75) is 12.3 Å². The van der Waals surface area contributed by atoms with Gasteiger partial charge in [0, 0.05) is 33.1 Å². The molecule has 2 aromatic rings. The van der Waals surface area contributed by atoms with E-state index >= 15 is 0 Å². The standard InChI is InChI=1S/C16H18ClFN4O4S/c1-21(27(2,24)25)7-6-13-19-15(26-20-13)10-8-22(9-10)16(23)14-11(17)4-3-5-12(14)18/h3-5,10H,6-9H2,1-2H3. The van der Waals surface area contributed by atoms with Crippen molar-refractivity contribution >= 4 is 27.5 Å². The molecule has 2 heterocycles. The van der Waals surface area contributed by atoms with Crippen molar-refractivity contribution in [2.24, 2.45) is 0 Å². The van der Waals surface area contributed by atoms with Gasteiger partial charge in [-0.2, -0.15) is 4.98 Å². The summed E-state index contributed by atoms with van der Waals surface area (Å²) in [5, 5.41) is 3.91. The maximum Gasteiger partial charge on any atom is 0.258 e. The van der Waals surface area contributed by atoms with Crippen molar-refractivity contribution in [1.29, 1.82) is 0 Å². The van der Waals surface area contributed by atoms with Gasteiger partial charge in [0.05, 0.1) is 22.8 Å². The Kier molecular flexibility index (Phi) is 5.50. The van der Waals surface area contributed by atoms with Crippen LogP contribution in [0.3, 0.4) is 0 Å². The second kappa shape index (κ2) is 7.53. The van der Waals surface area contributed by atoms with Gasteiger partial charge in [-0.1, -0.05) is 22.8 Å². The Morgan fingerprint density at radius 1 is 1.44 bits per heavy atom. The molecule has 0 unspecified atom stereocenters. The Hall–Kier alpha value is -2.04. The average molecular weight is 417 g/mol. The lowest BCUT2D eigenvalue weighted by Crippen LogP contribution is -2.48. The summed E-state index contributed by atoms with van der Waals surface area (Å²) in [4.78, 5) is 18.1. The van der Waals surface area contributed by atoms with Crippen molar-refractivity contribution in [1.82, 2.24) is 19.3 Å². The predicted molar refractivity (Wildman–Crippen MR) is 95.5 cm³/mol. The molecule has 0 spiro atoms. The molecule has 1 aromatic heterocycles. The van der Waals surface area contributed by atoms with E-state index in [-0.39, 0.29) is 23.0 Å². The fourth-order valence-electron chi connectivity index (χ4n) is 2.62. The molecule has 1 aliphatic rings. The van der Waals surface area contributed by atoms with Crippen molar-refractivity contribution in [2.75, 3.05) is 32.9 Å². The highest BCUT2D eigenvalue weighted by atomic mass is 35.5. The van der Waals surface area contributed by atoms with Crippen LogP contribution >= 0.6 is 11.6 Å². The maximum absolute atomic E-state index is 13.9. The van der Waals surface area contributed by atoms with Crippen LogP contribution in [0.4, 0.5) is 4.39 Å². The van der Waals surface area contributed by atoms with Crippen LogP contribution in [0.2, 0.25) is 5.02 Å². The molecule has 0 atom stereocenters. The van der Waals surface area contributed by atoms with E-state index < -0.39 is 21.7 Å². The molecule has 11 heteroatoms. The van der Waals surface area contributed by atoms with Crippen molar-refractivity contribution in [3.05, 3.63) is 46.3 Å². The van der Waals surface area contributed by atoms with E-state index in [4.69, 9.17) is 16.1 Å². The summed E-state index contributed by atoms with van der Waals surface area (Å²) in [7, 11) is -1.79. The van der Waals surface area contributed by atoms with E-state index in [0.29, 0.717) is 31.2 Å². The van der Waals surface area contributed by atoms with Gasteiger partial charge in [-0.3, -0.25) is 4.79 Å². The Balaban J connectivity index is 1.57. The Bertz CT molecular complexity index is 939. The second-order valence-electron chi connectivity index (χ2n) is 6.39. The van der Waals surface area contributed by atoms with E-state index in [9.17, 15) is 17.6 Å². The molecule has 0 radical (unpaired) electrons. The first-order valence-electron chi connectivity index (χ1n) is 8.14. The number of sulfonamides is 1. The van der Waals surface area contributed by atoms with E-state index in [1.807, 2.05) is 0 Å². The van der Waals surface area contributed by atoms with Crippen LogP contribution in [0.15, 0.2) is 22.7 Å². The molecule has 0 saturated carbocycles. The van der Waals surface area contributed by atoms with E-state index in [1.165, 1.54) is 34.5 Å². The van der Waals surface area contributed by atoms with Gasteiger partial charge in [-0.05, 0) is 12.1 Å². The van der Waals surface area contributed by atoms with Crippen LogP contribution in [0.25, 0.3) is 0 Å². The van der Waals surface area contributed by atoms with Gasteiger partial charge in [-0.25, -0.2) is 17.1 Å². The van der Waals surface area contributed by atoms with Gasteiger partial charge in [0.15, 0.2) is 5.82 Å². The van der Waals surface area contributed by atoms with E-state index in [2.05, 4.69) is 10.1 Å². The Morgan fingerprint density at radius 2 is 2.15 bits per heavy atom. The lowest BCUT2D eigenvalue weighted by Gasteiger charge is -2.37. The zero-order chi connectivity index (χ0) is 19.8. The topological polar surface area (TPSA) is 96.6 Å². The fraction of sp³-hybridized carbons (Fsp3) is 0.438. The van der Waals surface area contributed by atoms with Crippen molar-refractivity contribution in [3.8, 4) is 0 Å². The highest BCUT2D eigenvalue weighted by Crippen LogP contribution is 2.29. The molecule has 1 aromatic carbocycles. The summed E-state index contributed by atoms with van der Waals surface area (Å²) in [5.74, 6) is -0.526. The number of carbonyl (C=O) groups is 1. The lowest BCUT2D eigenvalue weighted by molar-refractivity contribution is 0.0564. The zero-order valence-corrected chi connectivity index (χ0v) is 16.3. The number of carbonyl (C=O) groups excluding carboxylic acids is 1. The summed E-state index contributed by atoms with van der Waals surface area (Å²) in [6, 6.07) is 4.09. The summed E-state index contributed by atoms with van der Waals surface area (Å²) in [6.45, 7) is 0.863. The first kappa shape index (κ1) is 19.7. The zero-order valence-electron chi connectivity index (χ0n) is 14.7. The van der Waals surface area contributed by atoms with Gasteiger partial charge >= 0.3 is 0 Å². The van der Waals surface area contributed by atoms with Crippen LogP contribution in [-0.4, -0.2) is 66.6 Å². The molecule has 1 aliphatic heterocycles. The van der Waals surface area contributed by atoms with Crippen LogP contribution in [0.1, 0.15) is 28.0 Å². The molecule has 1 saturated heterocycles. The SMILES string of the molecule is CN(CCc1noc(C2CN(C(=O)c3c(F)cccc3Cl)C2)n1)S(C)(=O)=O. The monoisotopic (exact) mass is 416 g/mol. The number of nitrogens with zero attached hydrogens (tertiary/aromatic N) is 4. The van der Waals surface area contributed by atoms with Gasteiger partial charge < -0.3 is 9.42 Å². The highest BCUT2D eigenvalue weighted by molar-refractivity contribution is 7.88. The molecular formula is C16H18ClFN4O4S. The molecule has 8 nitrogen and oxygen atoms in total. The van der Waals surface area contributed by atoms with E-state index in [0.717, 1.165) is 6.26 Å². The van der Waals surface area contributed by atoms with Crippen LogP contribution < -0.4 is 0 Å². The summed E-state index contributed by atoms with van der Waals surface area (Å²) >= 11 is 5.92. The normalized spacial score (nSPS) is 15.2. The lowest BCUT2D eigenvalue weighted by atomic mass is 9.98. The molecule has 0 bridgehead atoms. The number of halogens is 2. The van der Waals surface area contributed by atoms with Gasteiger partial charge in [-0.15, -0.1) is 0 Å². The molecule has 146 valence electrons. The number of hydrogen-bond donors (Lipinski definition) is 0. The number of amides is 1. The third-order valence-corrected chi connectivity index (χ3v) is 6.02. The molecule has 1 amide bonds. The number of hydrogen-bond acceptors (Lipinski definition) is 6. The average Bonchev–Trinajstić information content (AvgIpc) is 2.98. The highest BCUT2D eigenvalue weighted by Gasteiger charge is 2.37. The van der Waals surface area contributed by atoms with Crippen molar-refractivity contribution < 1.29 is 22.1 Å². The van der Waals surface area contributed by atoms with Crippen molar-refractivity contribution in [3.63, 3.8) is 0 Å². The quantitative estimate of drug-likeness (QED) is 0.708. The minimum Gasteiger partial charge on any atom is -0.339 e. The van der Waals surface area contributed by atoms with Crippen LogP contribution in [-0.2, 0) is 16.4 Å². The van der Waals surface area contributed by atoms with Gasteiger partial charge in [0.25, 0.3) is 5.91 Å². The smallest absolute Gasteiger partial charge is 0.258 e. The fourth-order valence-corrected chi connectivity index (χ4v) is 3.29. The second-order valence-corrected chi connectivity index (χ2v) is 8.88. The molecule has 0 N–H and O–H groups in total. The summed E-state index contributed by atoms with van der Waals surface area (Å²) in [6.07, 6.45) is 1.43. The Morgan fingerprint density at radius 3 is 2.78 bits per heavy atom. The third-order valence-electron chi connectivity index (χ3n) is 4.39. The first-order valence-corrected chi connectivity index (χ1v) is 10.4. The maximum atomic E-state index is 13.9. The Labute approximate surface area is 160 Å². The summed E-state index contributed by atoms with van der Waals surface area (Å²) in [5.41, 5.74) is -0.146. The molecular weight excluding hydrogens is 399 g/mol. The minimum atomic E-state index is -3.26. The van der Waals surface area contributed by atoms with E-state index in [1.54, 1.807) is 0 Å². The number of benzene rings is 1. The molecule has 27 heavy (non-hydrogen) atoms. The number of aromatic nitrogens is 2. The van der Waals surface area contributed by atoms with Gasteiger partial charge in [0.1, 0.15) is 5.82 Å². The molecule has 3 rings (SSSR count). The largest absolute Gasteiger partial charge is 0.339 e. The molecule has 1 fully saturated rings. The minimum absolute atomic E-state index is 0.0681. The van der Waals surface area contributed by atoms with Crippen LogP contribution in [0.5, 0.6) is 0 Å². The van der Waals surface area contributed by atoms with Crippen LogP contribution in [0, 0.1) is 5.82 Å². The molecule has 0 aliphatic carbocycles. The number of likely N-dealkylation sites (tertiary alicyclic amines) is 1. The number of likely N-dealkylation sites (N-methyl/N-ethyl adjacent to an activating group) is 1. The summed E-state index contributed by atoms with van der Waals surface area (Å²) < 4.78 is 43.0. The first-order chi connectivity index (χ1) is 12.7. The van der Waals surface area contributed by atoms with Gasteiger partial charge in [0.2, 0.25) is 15.9 Å². The third kappa shape index (κ3) is 4.28. The predicted octanol–water partition coefficient (Wildman–Crippen LogP) is 1.54.